The fourth-order valence-electron chi connectivity index (χ4n) is 3.62. The van der Waals surface area contributed by atoms with Crippen LogP contribution in [-0.4, -0.2) is 66.2 Å². The molecule has 0 radical (unpaired) electrons. The first-order valence-electron chi connectivity index (χ1n) is 9.53. The zero-order valence-corrected chi connectivity index (χ0v) is 16.1. The van der Waals surface area contributed by atoms with E-state index in [9.17, 15) is 14.3 Å². The molecule has 1 fully saturated rings. The molecule has 0 spiro atoms. The van der Waals surface area contributed by atoms with Gasteiger partial charge in [0.1, 0.15) is 6.10 Å². The molecule has 0 aliphatic carbocycles. The summed E-state index contributed by atoms with van der Waals surface area (Å²) >= 11 is 0. The van der Waals surface area contributed by atoms with Crippen LogP contribution in [0, 0.1) is 5.82 Å². The van der Waals surface area contributed by atoms with E-state index in [1.54, 1.807) is 17.0 Å². The predicted molar refractivity (Wildman–Crippen MR) is 99.8 cm³/mol. The third-order valence-corrected chi connectivity index (χ3v) is 5.29. The molecule has 1 atom stereocenters. The summed E-state index contributed by atoms with van der Waals surface area (Å²) in [6.45, 7) is 7.41. The topological polar surface area (TPSA) is 53.0 Å². The molecule has 1 aromatic carbocycles. The van der Waals surface area contributed by atoms with Gasteiger partial charge in [-0.1, -0.05) is 19.9 Å². The lowest BCUT2D eigenvalue weighted by molar-refractivity contribution is -0.142. The quantitative estimate of drug-likeness (QED) is 0.768. The van der Waals surface area contributed by atoms with Gasteiger partial charge < -0.3 is 14.7 Å². The highest BCUT2D eigenvalue weighted by Crippen LogP contribution is 2.19. The van der Waals surface area contributed by atoms with E-state index in [4.69, 9.17) is 4.74 Å². The van der Waals surface area contributed by atoms with Crippen molar-refractivity contribution in [2.24, 2.45) is 0 Å². The number of carbonyl (C=O) groups excluding carboxylic acids is 1. The molecule has 0 saturated carbocycles. The van der Waals surface area contributed by atoms with Crippen molar-refractivity contribution in [3.8, 4) is 5.75 Å². The second-order valence-corrected chi connectivity index (χ2v) is 6.85. The number of aliphatic hydroxyl groups is 1. The van der Waals surface area contributed by atoms with Crippen LogP contribution in [0.2, 0.25) is 0 Å². The zero-order valence-electron chi connectivity index (χ0n) is 16.1. The average molecular weight is 366 g/mol. The Hall–Kier alpha value is -1.66. The van der Waals surface area contributed by atoms with Crippen LogP contribution >= 0.6 is 0 Å². The molecule has 1 heterocycles. The van der Waals surface area contributed by atoms with Crippen molar-refractivity contribution in [1.82, 2.24) is 9.80 Å². The van der Waals surface area contributed by atoms with E-state index in [1.165, 1.54) is 13.2 Å². The van der Waals surface area contributed by atoms with E-state index in [-0.39, 0.29) is 18.1 Å². The van der Waals surface area contributed by atoms with Gasteiger partial charge in [0.25, 0.3) is 5.91 Å². The molecule has 1 saturated heterocycles. The number of aryl methyl sites for hydroxylation is 1. The van der Waals surface area contributed by atoms with Gasteiger partial charge in [0.05, 0.1) is 7.11 Å². The highest BCUT2D eigenvalue weighted by molar-refractivity contribution is 5.80. The number of aliphatic hydroxyl groups excluding tert-OH is 1. The molecule has 1 N–H and O–H groups in total. The standard InChI is InChI=1S/C20H31FN2O3/c1-4-16(5-2)22-10-12-23(13-11-22)20(25)18(24)8-6-15-7-9-19(26-3)17(21)14-15/h7,9,14,16,18,24H,4-6,8,10-13H2,1-3H3. The first-order valence-corrected chi connectivity index (χ1v) is 9.53. The normalized spacial score (nSPS) is 16.8. The molecule has 0 aromatic heterocycles. The Morgan fingerprint density at radius 2 is 1.88 bits per heavy atom. The second-order valence-electron chi connectivity index (χ2n) is 6.85. The van der Waals surface area contributed by atoms with Crippen molar-refractivity contribution in [2.75, 3.05) is 33.3 Å². The van der Waals surface area contributed by atoms with Crippen molar-refractivity contribution in [3.63, 3.8) is 0 Å². The fraction of sp³-hybridized carbons (Fsp3) is 0.650. The average Bonchev–Trinajstić information content (AvgIpc) is 2.67. The van der Waals surface area contributed by atoms with Gasteiger partial charge in [0.2, 0.25) is 0 Å². The van der Waals surface area contributed by atoms with Gasteiger partial charge in [-0.05, 0) is 43.4 Å². The minimum atomic E-state index is -1.04. The van der Waals surface area contributed by atoms with Gasteiger partial charge >= 0.3 is 0 Å². The zero-order chi connectivity index (χ0) is 19.1. The van der Waals surface area contributed by atoms with Crippen LogP contribution < -0.4 is 4.74 Å². The van der Waals surface area contributed by atoms with Gasteiger partial charge in [0, 0.05) is 32.2 Å². The summed E-state index contributed by atoms with van der Waals surface area (Å²) in [5.74, 6) is -0.452. The second kappa shape index (κ2) is 9.88. The number of carbonyl (C=O) groups is 1. The maximum Gasteiger partial charge on any atom is 0.251 e. The van der Waals surface area contributed by atoms with Crippen LogP contribution in [0.5, 0.6) is 5.75 Å². The van der Waals surface area contributed by atoms with Crippen LogP contribution in [0.25, 0.3) is 0 Å². The maximum absolute atomic E-state index is 13.7. The Morgan fingerprint density at radius 1 is 1.23 bits per heavy atom. The summed E-state index contributed by atoms with van der Waals surface area (Å²) in [6, 6.07) is 5.29. The highest BCUT2D eigenvalue weighted by atomic mass is 19.1. The van der Waals surface area contributed by atoms with E-state index < -0.39 is 11.9 Å². The van der Waals surface area contributed by atoms with Gasteiger partial charge in [0.15, 0.2) is 11.6 Å². The minimum Gasteiger partial charge on any atom is -0.494 e. The van der Waals surface area contributed by atoms with Gasteiger partial charge in [-0.2, -0.15) is 0 Å². The largest absolute Gasteiger partial charge is 0.494 e. The molecule has 6 heteroatoms. The SMILES string of the molecule is CCC(CC)N1CCN(C(=O)C(O)CCc2ccc(OC)c(F)c2)CC1. The van der Waals surface area contributed by atoms with Crippen molar-refractivity contribution in [1.29, 1.82) is 0 Å². The number of nitrogens with zero attached hydrogens (tertiary/aromatic N) is 2. The minimum absolute atomic E-state index is 0.195. The highest BCUT2D eigenvalue weighted by Gasteiger charge is 2.27. The number of piperazine rings is 1. The predicted octanol–water partition coefficient (Wildman–Crippen LogP) is 2.46. The lowest BCUT2D eigenvalue weighted by Crippen LogP contribution is -2.53. The smallest absolute Gasteiger partial charge is 0.251 e. The molecular formula is C20H31FN2O3. The fourth-order valence-corrected chi connectivity index (χ4v) is 3.62. The number of benzene rings is 1. The first kappa shape index (κ1) is 20.6. The molecule has 1 aliphatic heterocycles. The lowest BCUT2D eigenvalue weighted by atomic mass is 10.0. The van der Waals surface area contributed by atoms with Crippen molar-refractivity contribution in [3.05, 3.63) is 29.6 Å². The Kier molecular flexibility index (Phi) is 7.85. The van der Waals surface area contributed by atoms with E-state index in [2.05, 4.69) is 18.7 Å². The molecule has 0 bridgehead atoms. The Balaban J connectivity index is 1.82. The number of rotatable bonds is 8. The molecule has 1 amide bonds. The summed E-state index contributed by atoms with van der Waals surface area (Å²) in [5, 5.41) is 10.2. The third-order valence-electron chi connectivity index (χ3n) is 5.29. The van der Waals surface area contributed by atoms with Crippen LogP contribution in [0.15, 0.2) is 18.2 Å². The number of halogens is 1. The molecule has 1 aliphatic rings. The van der Waals surface area contributed by atoms with Gasteiger partial charge in [-0.3, -0.25) is 9.69 Å². The van der Waals surface area contributed by atoms with E-state index >= 15 is 0 Å². The van der Waals surface area contributed by atoms with E-state index in [1.807, 2.05) is 0 Å². The van der Waals surface area contributed by atoms with E-state index in [0.29, 0.717) is 25.6 Å². The number of methoxy groups -OCH3 is 1. The van der Waals surface area contributed by atoms with Crippen molar-refractivity contribution in [2.45, 2.75) is 51.7 Å². The monoisotopic (exact) mass is 366 g/mol. The number of hydrogen-bond donors (Lipinski definition) is 1. The van der Waals surface area contributed by atoms with Gasteiger partial charge in [-0.15, -0.1) is 0 Å². The molecule has 5 nitrogen and oxygen atoms in total. The molecule has 1 aromatic rings. The van der Waals surface area contributed by atoms with E-state index in [0.717, 1.165) is 31.5 Å². The summed E-state index contributed by atoms with van der Waals surface area (Å²) in [7, 11) is 1.42. The van der Waals surface area contributed by atoms with Crippen LogP contribution in [0.1, 0.15) is 38.7 Å². The molecule has 1 unspecified atom stereocenters. The van der Waals surface area contributed by atoms with Crippen molar-refractivity contribution >= 4 is 5.91 Å². The molecular weight excluding hydrogens is 335 g/mol. The van der Waals surface area contributed by atoms with Crippen LogP contribution in [0.4, 0.5) is 4.39 Å². The lowest BCUT2D eigenvalue weighted by Gasteiger charge is -2.39. The van der Waals surface area contributed by atoms with Crippen LogP contribution in [-0.2, 0) is 11.2 Å². The number of hydrogen-bond acceptors (Lipinski definition) is 4. The summed E-state index contributed by atoms with van der Waals surface area (Å²) in [6.07, 6.45) is 1.93. The van der Waals surface area contributed by atoms with Crippen molar-refractivity contribution < 1.29 is 19.0 Å². The number of amides is 1. The summed E-state index contributed by atoms with van der Waals surface area (Å²) < 4.78 is 18.6. The Labute approximate surface area is 155 Å². The summed E-state index contributed by atoms with van der Waals surface area (Å²) in [5.41, 5.74) is 0.744. The first-order chi connectivity index (χ1) is 12.5. The maximum atomic E-state index is 13.7. The molecule has 146 valence electrons. The van der Waals surface area contributed by atoms with Gasteiger partial charge in [-0.25, -0.2) is 4.39 Å². The molecule has 2 rings (SSSR count). The third kappa shape index (κ3) is 5.17. The Morgan fingerprint density at radius 3 is 2.42 bits per heavy atom. The number of ether oxygens (including phenoxy) is 1. The Bertz CT molecular complexity index is 584. The summed E-state index contributed by atoms with van der Waals surface area (Å²) in [4.78, 5) is 16.6. The molecule has 26 heavy (non-hydrogen) atoms. The van der Waals surface area contributed by atoms with Crippen LogP contribution in [0.3, 0.4) is 0 Å².